The first-order valence-corrected chi connectivity index (χ1v) is 5.61. The first-order chi connectivity index (χ1) is 7.68. The lowest BCUT2D eigenvalue weighted by Crippen LogP contribution is -2.35. The van der Waals surface area contributed by atoms with Crippen molar-refractivity contribution < 1.29 is 9.90 Å². The minimum atomic E-state index is -0.748. The Morgan fingerprint density at radius 2 is 2.50 bits per heavy atom. The largest absolute Gasteiger partial charge is 0.480 e. The van der Waals surface area contributed by atoms with Gasteiger partial charge in [0.05, 0.1) is 5.02 Å². The van der Waals surface area contributed by atoms with Crippen molar-refractivity contribution in [3.8, 4) is 0 Å². The van der Waals surface area contributed by atoms with Gasteiger partial charge in [-0.2, -0.15) is 0 Å². The Bertz CT molecular complexity index is 397. The van der Waals surface area contributed by atoms with Crippen LogP contribution in [-0.4, -0.2) is 33.5 Å². The summed E-state index contributed by atoms with van der Waals surface area (Å²) in [5, 5.41) is 9.64. The van der Waals surface area contributed by atoms with Crippen LogP contribution in [0.5, 0.6) is 0 Å². The quantitative estimate of drug-likeness (QED) is 0.875. The number of likely N-dealkylation sites (tertiary alicyclic amines) is 1. The second kappa shape index (κ2) is 4.80. The van der Waals surface area contributed by atoms with Crippen LogP contribution in [0.25, 0.3) is 0 Å². The average molecular weight is 241 g/mol. The smallest absolute Gasteiger partial charge is 0.320 e. The SMILES string of the molecule is O=C(O)[C@H]1CCCN1Cc1ccncc1Cl. The topological polar surface area (TPSA) is 53.4 Å². The molecule has 1 aromatic heterocycles. The molecule has 0 aliphatic carbocycles. The van der Waals surface area contributed by atoms with Crippen LogP contribution in [-0.2, 0) is 11.3 Å². The minimum absolute atomic E-state index is 0.371. The van der Waals surface area contributed by atoms with Crippen molar-refractivity contribution in [2.24, 2.45) is 0 Å². The van der Waals surface area contributed by atoms with Crippen LogP contribution in [0.2, 0.25) is 5.02 Å². The van der Waals surface area contributed by atoms with E-state index in [0.717, 1.165) is 24.9 Å². The molecule has 0 bridgehead atoms. The zero-order chi connectivity index (χ0) is 11.5. The first kappa shape index (κ1) is 11.4. The number of carboxylic acid groups (broad SMARTS) is 1. The third kappa shape index (κ3) is 2.33. The molecular formula is C11H13ClN2O2. The first-order valence-electron chi connectivity index (χ1n) is 5.23. The summed E-state index contributed by atoms with van der Waals surface area (Å²) in [4.78, 5) is 16.9. The number of pyridine rings is 1. The molecule has 0 radical (unpaired) electrons. The van der Waals surface area contributed by atoms with Crippen LogP contribution in [0.15, 0.2) is 18.5 Å². The van der Waals surface area contributed by atoms with Gasteiger partial charge in [-0.05, 0) is 31.0 Å². The van der Waals surface area contributed by atoms with Crippen molar-refractivity contribution in [2.75, 3.05) is 6.54 Å². The zero-order valence-electron chi connectivity index (χ0n) is 8.77. The number of aliphatic carboxylic acids is 1. The van der Waals surface area contributed by atoms with Gasteiger partial charge in [0, 0.05) is 18.9 Å². The highest BCUT2D eigenvalue weighted by molar-refractivity contribution is 6.31. The van der Waals surface area contributed by atoms with E-state index in [1.807, 2.05) is 11.0 Å². The number of halogens is 1. The molecule has 86 valence electrons. The summed E-state index contributed by atoms with van der Waals surface area (Å²) in [6.07, 6.45) is 4.91. The average Bonchev–Trinajstić information content (AvgIpc) is 2.69. The Morgan fingerprint density at radius 1 is 1.69 bits per heavy atom. The van der Waals surface area contributed by atoms with Gasteiger partial charge in [0.15, 0.2) is 0 Å². The normalized spacial score (nSPS) is 21.2. The molecule has 2 heterocycles. The molecule has 0 amide bonds. The number of hydrogen-bond donors (Lipinski definition) is 1. The van der Waals surface area contributed by atoms with Crippen molar-refractivity contribution in [1.29, 1.82) is 0 Å². The summed E-state index contributed by atoms with van der Waals surface area (Å²) in [7, 11) is 0. The van der Waals surface area contributed by atoms with Crippen molar-refractivity contribution in [2.45, 2.75) is 25.4 Å². The lowest BCUT2D eigenvalue weighted by Gasteiger charge is -2.21. The number of carboxylic acids is 1. The van der Waals surface area contributed by atoms with Gasteiger partial charge < -0.3 is 5.11 Å². The maximum Gasteiger partial charge on any atom is 0.320 e. The van der Waals surface area contributed by atoms with E-state index in [4.69, 9.17) is 16.7 Å². The second-order valence-corrected chi connectivity index (χ2v) is 4.34. The predicted molar refractivity (Wildman–Crippen MR) is 60.3 cm³/mol. The van der Waals surface area contributed by atoms with Gasteiger partial charge in [0.1, 0.15) is 6.04 Å². The summed E-state index contributed by atoms with van der Waals surface area (Å²) in [6.45, 7) is 1.40. The van der Waals surface area contributed by atoms with Crippen molar-refractivity contribution in [3.63, 3.8) is 0 Å². The molecule has 0 unspecified atom stereocenters. The van der Waals surface area contributed by atoms with Crippen LogP contribution in [0.3, 0.4) is 0 Å². The Morgan fingerprint density at radius 3 is 3.19 bits per heavy atom. The molecule has 0 saturated carbocycles. The fraction of sp³-hybridized carbons (Fsp3) is 0.455. The highest BCUT2D eigenvalue weighted by atomic mass is 35.5. The maximum absolute atomic E-state index is 11.0. The second-order valence-electron chi connectivity index (χ2n) is 3.93. The van der Waals surface area contributed by atoms with Gasteiger partial charge in [-0.3, -0.25) is 14.7 Å². The molecule has 1 N–H and O–H groups in total. The molecule has 1 aliphatic heterocycles. The number of carbonyl (C=O) groups is 1. The molecule has 1 saturated heterocycles. The van der Waals surface area contributed by atoms with E-state index >= 15 is 0 Å². The number of aromatic nitrogens is 1. The van der Waals surface area contributed by atoms with E-state index < -0.39 is 5.97 Å². The lowest BCUT2D eigenvalue weighted by atomic mass is 10.2. The fourth-order valence-corrected chi connectivity index (χ4v) is 2.23. The van der Waals surface area contributed by atoms with E-state index in [2.05, 4.69) is 4.98 Å². The van der Waals surface area contributed by atoms with Gasteiger partial charge in [0.25, 0.3) is 0 Å². The molecule has 1 aromatic rings. The molecule has 2 rings (SSSR count). The summed E-state index contributed by atoms with van der Waals surface area (Å²) in [5.41, 5.74) is 0.935. The van der Waals surface area contributed by atoms with Crippen molar-refractivity contribution >= 4 is 17.6 Å². The molecule has 5 heteroatoms. The minimum Gasteiger partial charge on any atom is -0.480 e. The van der Waals surface area contributed by atoms with Crippen LogP contribution >= 0.6 is 11.6 Å². The van der Waals surface area contributed by atoms with Gasteiger partial charge in [-0.1, -0.05) is 11.6 Å². The third-order valence-electron chi connectivity index (χ3n) is 2.88. The van der Waals surface area contributed by atoms with E-state index in [9.17, 15) is 4.79 Å². The van der Waals surface area contributed by atoms with E-state index in [1.165, 1.54) is 0 Å². The van der Waals surface area contributed by atoms with Gasteiger partial charge in [0.2, 0.25) is 0 Å². The Hall–Kier alpha value is -1.13. The molecule has 1 fully saturated rings. The van der Waals surface area contributed by atoms with Crippen LogP contribution < -0.4 is 0 Å². The number of hydrogen-bond acceptors (Lipinski definition) is 3. The molecule has 1 aliphatic rings. The predicted octanol–water partition coefficient (Wildman–Crippen LogP) is 1.78. The maximum atomic E-state index is 11.0. The summed E-state index contributed by atoms with van der Waals surface area (Å²) >= 11 is 5.99. The molecule has 4 nitrogen and oxygen atoms in total. The third-order valence-corrected chi connectivity index (χ3v) is 3.22. The molecule has 16 heavy (non-hydrogen) atoms. The Kier molecular flexibility index (Phi) is 3.41. The molecule has 0 spiro atoms. The van der Waals surface area contributed by atoms with E-state index in [-0.39, 0.29) is 6.04 Å². The fourth-order valence-electron chi connectivity index (χ4n) is 2.05. The lowest BCUT2D eigenvalue weighted by molar-refractivity contribution is -0.142. The monoisotopic (exact) mass is 240 g/mol. The van der Waals surface area contributed by atoms with Crippen LogP contribution in [0.4, 0.5) is 0 Å². The summed E-state index contributed by atoms with van der Waals surface area (Å²) < 4.78 is 0. The summed E-state index contributed by atoms with van der Waals surface area (Å²) in [6, 6.07) is 1.46. The Balaban J connectivity index is 2.10. The summed E-state index contributed by atoms with van der Waals surface area (Å²) in [5.74, 6) is -0.748. The van der Waals surface area contributed by atoms with E-state index in [1.54, 1.807) is 12.4 Å². The van der Waals surface area contributed by atoms with Crippen molar-refractivity contribution in [3.05, 3.63) is 29.0 Å². The van der Waals surface area contributed by atoms with Crippen molar-refractivity contribution in [1.82, 2.24) is 9.88 Å². The zero-order valence-corrected chi connectivity index (χ0v) is 9.52. The van der Waals surface area contributed by atoms with Gasteiger partial charge in [-0.15, -0.1) is 0 Å². The van der Waals surface area contributed by atoms with Gasteiger partial charge >= 0.3 is 5.97 Å². The number of rotatable bonds is 3. The molecule has 1 atom stereocenters. The number of nitrogens with zero attached hydrogens (tertiary/aromatic N) is 2. The highest BCUT2D eigenvalue weighted by Crippen LogP contribution is 2.23. The standard InChI is InChI=1S/C11H13ClN2O2/c12-9-6-13-4-3-8(9)7-14-5-1-2-10(14)11(15)16/h3-4,6,10H,1-2,5,7H2,(H,15,16)/t10-/m1/s1. The molecule has 0 aromatic carbocycles. The van der Waals surface area contributed by atoms with Crippen LogP contribution in [0.1, 0.15) is 18.4 Å². The van der Waals surface area contributed by atoms with Gasteiger partial charge in [-0.25, -0.2) is 0 Å². The van der Waals surface area contributed by atoms with E-state index in [0.29, 0.717) is 11.6 Å². The highest BCUT2D eigenvalue weighted by Gasteiger charge is 2.30. The van der Waals surface area contributed by atoms with Crippen LogP contribution in [0, 0.1) is 0 Å². The molecular weight excluding hydrogens is 228 g/mol. The Labute approximate surface area is 98.9 Å².